The van der Waals surface area contributed by atoms with E-state index in [1.807, 2.05) is 0 Å². The molecule has 0 radical (unpaired) electrons. The third-order valence-corrected chi connectivity index (χ3v) is 3.79. The maximum absolute atomic E-state index is 11.8. The number of anilines is 1. The lowest BCUT2D eigenvalue weighted by atomic mass is 10.2. The van der Waals surface area contributed by atoms with Crippen LogP contribution >= 0.6 is 47.8 Å². The van der Waals surface area contributed by atoms with Gasteiger partial charge in [-0.3, -0.25) is 4.79 Å². The largest absolute Gasteiger partial charge is 0.464 e. The molecule has 19 heavy (non-hydrogen) atoms. The summed E-state index contributed by atoms with van der Waals surface area (Å²) >= 11 is 9.94. The van der Waals surface area contributed by atoms with E-state index in [1.54, 1.807) is 19.1 Å². The minimum atomic E-state index is -1.36. The Hall–Kier alpha value is -0.440. The Labute approximate surface area is 135 Å². The number of ether oxygens (including phenoxy) is 1. The number of nitrogens with two attached hydrogens (primary N) is 1. The highest BCUT2D eigenvalue weighted by molar-refractivity contribution is 9.11. The van der Waals surface area contributed by atoms with E-state index in [-0.39, 0.29) is 6.61 Å². The van der Waals surface area contributed by atoms with Gasteiger partial charge in [0.1, 0.15) is 0 Å². The van der Waals surface area contributed by atoms with E-state index in [0.29, 0.717) is 14.6 Å². The van der Waals surface area contributed by atoms with Gasteiger partial charge in [0.15, 0.2) is 6.04 Å². The van der Waals surface area contributed by atoms with Crippen LogP contribution in [0.5, 0.6) is 0 Å². The van der Waals surface area contributed by atoms with Crippen LogP contribution in [0.25, 0.3) is 0 Å². The molecule has 0 aromatic heterocycles. The van der Waals surface area contributed by atoms with Crippen LogP contribution in [0.3, 0.4) is 0 Å². The van der Waals surface area contributed by atoms with Crippen molar-refractivity contribution in [1.82, 2.24) is 0 Å². The van der Waals surface area contributed by atoms with Crippen LogP contribution in [0.2, 0.25) is 0 Å². The van der Waals surface area contributed by atoms with Crippen molar-refractivity contribution in [3.8, 4) is 0 Å². The first-order valence-corrected chi connectivity index (χ1v) is 7.62. The zero-order valence-corrected chi connectivity index (χ0v) is 14.6. The fraction of sp³-hybridized carbons (Fsp3) is 0.273. The predicted octanol–water partition coefficient (Wildman–Crippen LogP) is 2.80. The molecule has 5 nitrogen and oxygen atoms in total. The first-order chi connectivity index (χ1) is 8.86. The number of amides is 1. The number of benzene rings is 1. The number of halogens is 3. The van der Waals surface area contributed by atoms with Crippen molar-refractivity contribution in [2.45, 2.75) is 13.0 Å². The first kappa shape index (κ1) is 16.6. The third kappa shape index (κ3) is 4.55. The molecule has 1 atom stereocenters. The lowest BCUT2D eigenvalue weighted by molar-refractivity contribution is -0.146. The van der Waals surface area contributed by atoms with Gasteiger partial charge in [0, 0.05) is 13.4 Å². The molecule has 0 aliphatic carbocycles. The molecule has 0 aliphatic heterocycles. The van der Waals surface area contributed by atoms with Gasteiger partial charge >= 0.3 is 5.97 Å². The second kappa shape index (κ2) is 7.37. The number of hydrogen-bond acceptors (Lipinski definition) is 4. The molecule has 0 saturated carbocycles. The van der Waals surface area contributed by atoms with Crippen LogP contribution in [0.4, 0.5) is 5.69 Å². The number of carbonyl (C=O) groups is 2. The van der Waals surface area contributed by atoms with Crippen LogP contribution in [0.15, 0.2) is 25.6 Å². The summed E-state index contributed by atoms with van der Waals surface area (Å²) in [4.78, 5) is 23.2. The minimum absolute atomic E-state index is 0.172. The smallest absolute Gasteiger partial charge is 0.332 e. The average molecular weight is 459 g/mol. The van der Waals surface area contributed by atoms with Crippen LogP contribution in [-0.2, 0) is 14.3 Å². The molecule has 1 aromatic carbocycles. The van der Waals surface area contributed by atoms with E-state index in [1.165, 1.54) is 0 Å². The molecule has 0 fully saturated rings. The summed E-state index contributed by atoms with van der Waals surface area (Å²) in [6, 6.07) is 2.16. The topological polar surface area (TPSA) is 81.4 Å². The number of esters is 1. The second-order valence-corrected chi connectivity index (χ2v) is 6.09. The molecule has 1 unspecified atom stereocenters. The Kier molecular flexibility index (Phi) is 6.45. The molecule has 0 aliphatic rings. The molecule has 0 spiro atoms. The van der Waals surface area contributed by atoms with Crippen molar-refractivity contribution in [3.05, 3.63) is 25.6 Å². The molecule has 0 heterocycles. The van der Waals surface area contributed by atoms with Crippen molar-refractivity contribution < 1.29 is 14.3 Å². The fourth-order valence-corrected chi connectivity index (χ4v) is 3.66. The second-order valence-electron chi connectivity index (χ2n) is 3.46. The molecule has 1 aromatic rings. The normalized spacial score (nSPS) is 11.8. The van der Waals surface area contributed by atoms with Gasteiger partial charge in [-0.2, -0.15) is 0 Å². The van der Waals surface area contributed by atoms with Crippen LogP contribution < -0.4 is 11.1 Å². The van der Waals surface area contributed by atoms with Gasteiger partial charge in [-0.15, -0.1) is 0 Å². The quantitative estimate of drug-likeness (QED) is 0.537. The molecular formula is C11H11Br3N2O3. The van der Waals surface area contributed by atoms with E-state index in [9.17, 15) is 9.59 Å². The van der Waals surface area contributed by atoms with Crippen molar-refractivity contribution in [3.63, 3.8) is 0 Å². The van der Waals surface area contributed by atoms with E-state index < -0.39 is 17.9 Å². The Morgan fingerprint density at radius 1 is 1.32 bits per heavy atom. The van der Waals surface area contributed by atoms with Gasteiger partial charge in [-0.1, -0.05) is 15.9 Å². The van der Waals surface area contributed by atoms with Crippen LogP contribution in [0.1, 0.15) is 6.92 Å². The highest BCUT2D eigenvalue weighted by Gasteiger charge is 2.24. The maximum Gasteiger partial charge on any atom is 0.332 e. The standard InChI is InChI=1S/C11H11Br3N2O3/c1-2-19-11(18)8(15)10(17)16-9-6(13)3-5(12)4-7(9)14/h3-4,8H,2,15H2,1H3,(H,16,17). The SMILES string of the molecule is CCOC(=O)C(N)C(=O)Nc1c(Br)cc(Br)cc1Br. The maximum atomic E-state index is 11.8. The summed E-state index contributed by atoms with van der Waals surface area (Å²) in [5, 5.41) is 2.57. The van der Waals surface area contributed by atoms with Crippen molar-refractivity contribution in [2.75, 3.05) is 11.9 Å². The van der Waals surface area contributed by atoms with Crippen molar-refractivity contribution >= 4 is 65.4 Å². The monoisotopic (exact) mass is 456 g/mol. The molecule has 3 N–H and O–H groups in total. The lowest BCUT2D eigenvalue weighted by Gasteiger charge is -2.13. The third-order valence-electron chi connectivity index (χ3n) is 2.08. The van der Waals surface area contributed by atoms with Gasteiger partial charge in [-0.05, 0) is 50.9 Å². The van der Waals surface area contributed by atoms with Crippen molar-refractivity contribution in [1.29, 1.82) is 0 Å². The summed E-state index contributed by atoms with van der Waals surface area (Å²) in [6.45, 7) is 1.82. The van der Waals surface area contributed by atoms with Gasteiger partial charge in [0.25, 0.3) is 5.91 Å². The molecule has 104 valence electrons. The van der Waals surface area contributed by atoms with E-state index in [0.717, 1.165) is 4.47 Å². The van der Waals surface area contributed by atoms with Gasteiger partial charge in [0.05, 0.1) is 12.3 Å². The van der Waals surface area contributed by atoms with Gasteiger partial charge < -0.3 is 15.8 Å². The molecule has 8 heteroatoms. The number of hydrogen-bond donors (Lipinski definition) is 2. The molecular weight excluding hydrogens is 448 g/mol. The zero-order chi connectivity index (χ0) is 14.6. The Balaban J connectivity index is 2.86. The minimum Gasteiger partial charge on any atom is -0.464 e. The number of rotatable bonds is 4. The number of carbonyl (C=O) groups excluding carboxylic acids is 2. The molecule has 0 bridgehead atoms. The van der Waals surface area contributed by atoms with Gasteiger partial charge in [-0.25, -0.2) is 4.79 Å². The summed E-state index contributed by atoms with van der Waals surface area (Å²) in [5.41, 5.74) is 5.99. The lowest BCUT2D eigenvalue weighted by Crippen LogP contribution is -2.43. The van der Waals surface area contributed by atoms with Crippen LogP contribution in [-0.4, -0.2) is 24.5 Å². The Morgan fingerprint density at radius 2 is 1.84 bits per heavy atom. The Bertz CT molecular complexity index is 485. The predicted molar refractivity (Wildman–Crippen MR) is 82.8 cm³/mol. The van der Waals surface area contributed by atoms with E-state index in [2.05, 4.69) is 57.8 Å². The van der Waals surface area contributed by atoms with Crippen molar-refractivity contribution in [2.24, 2.45) is 5.73 Å². The number of nitrogens with one attached hydrogen (secondary N) is 1. The van der Waals surface area contributed by atoms with Crippen LogP contribution in [0, 0.1) is 0 Å². The molecule has 1 rings (SSSR count). The van der Waals surface area contributed by atoms with E-state index in [4.69, 9.17) is 5.73 Å². The molecule has 0 saturated heterocycles. The van der Waals surface area contributed by atoms with Gasteiger partial charge in [0.2, 0.25) is 0 Å². The summed E-state index contributed by atoms with van der Waals surface area (Å²) in [7, 11) is 0. The molecule has 1 amide bonds. The fourth-order valence-electron chi connectivity index (χ4n) is 1.20. The highest BCUT2D eigenvalue weighted by Crippen LogP contribution is 2.34. The Morgan fingerprint density at radius 3 is 2.32 bits per heavy atom. The summed E-state index contributed by atoms with van der Waals surface area (Å²) < 4.78 is 6.82. The summed E-state index contributed by atoms with van der Waals surface area (Å²) in [6.07, 6.45) is 0. The highest BCUT2D eigenvalue weighted by atomic mass is 79.9. The van der Waals surface area contributed by atoms with E-state index >= 15 is 0 Å². The zero-order valence-electron chi connectivity index (χ0n) is 9.88. The first-order valence-electron chi connectivity index (χ1n) is 5.24. The average Bonchev–Trinajstić information content (AvgIpc) is 2.32. The summed E-state index contributed by atoms with van der Waals surface area (Å²) in [5.74, 6) is -1.40.